The second-order valence-electron chi connectivity index (χ2n) is 8.56. The molecule has 1 heterocycles. The van der Waals surface area contributed by atoms with Gasteiger partial charge in [0.15, 0.2) is 0 Å². The molecular formula is C19H38N2. The van der Waals surface area contributed by atoms with Crippen LogP contribution in [0.15, 0.2) is 0 Å². The van der Waals surface area contributed by atoms with Crippen LogP contribution in [0.25, 0.3) is 0 Å². The van der Waals surface area contributed by atoms with Crippen molar-refractivity contribution in [3.8, 4) is 0 Å². The predicted octanol–water partition coefficient (Wildman–Crippen LogP) is 4.30. The molecule has 1 aliphatic carbocycles. The second-order valence-corrected chi connectivity index (χ2v) is 8.56. The number of nitrogens with one attached hydrogen (secondary N) is 1. The molecule has 1 aliphatic heterocycles. The van der Waals surface area contributed by atoms with E-state index in [4.69, 9.17) is 0 Å². The van der Waals surface area contributed by atoms with Crippen LogP contribution in [0.4, 0.5) is 0 Å². The fourth-order valence-electron chi connectivity index (χ4n) is 4.77. The fraction of sp³-hybridized carbons (Fsp3) is 1.00. The first-order valence-electron chi connectivity index (χ1n) is 9.43. The SMILES string of the molecule is CCC1CNC(C(C)C)CN1CC1(CC(C)C)CCCC1. The van der Waals surface area contributed by atoms with E-state index in [0.29, 0.717) is 11.5 Å². The summed E-state index contributed by atoms with van der Waals surface area (Å²) in [7, 11) is 0. The van der Waals surface area contributed by atoms with Gasteiger partial charge in [0, 0.05) is 31.7 Å². The number of piperazine rings is 1. The van der Waals surface area contributed by atoms with Crippen LogP contribution in [0, 0.1) is 17.3 Å². The molecule has 0 spiro atoms. The van der Waals surface area contributed by atoms with Crippen molar-refractivity contribution in [3.05, 3.63) is 0 Å². The molecule has 0 aromatic rings. The Morgan fingerprint density at radius 3 is 2.33 bits per heavy atom. The molecule has 21 heavy (non-hydrogen) atoms. The van der Waals surface area contributed by atoms with Crippen molar-refractivity contribution in [2.45, 2.75) is 85.2 Å². The second kappa shape index (κ2) is 7.46. The molecule has 1 saturated heterocycles. The minimum absolute atomic E-state index is 0.625. The predicted molar refractivity (Wildman–Crippen MR) is 92.6 cm³/mol. The molecule has 2 rings (SSSR count). The highest BCUT2D eigenvalue weighted by atomic mass is 15.2. The van der Waals surface area contributed by atoms with E-state index < -0.39 is 0 Å². The van der Waals surface area contributed by atoms with Crippen LogP contribution in [-0.4, -0.2) is 36.6 Å². The van der Waals surface area contributed by atoms with Gasteiger partial charge in [-0.3, -0.25) is 4.90 Å². The number of hydrogen-bond acceptors (Lipinski definition) is 2. The van der Waals surface area contributed by atoms with E-state index in [2.05, 4.69) is 44.8 Å². The van der Waals surface area contributed by atoms with Crippen molar-refractivity contribution < 1.29 is 0 Å². The van der Waals surface area contributed by atoms with Crippen LogP contribution in [0.5, 0.6) is 0 Å². The Morgan fingerprint density at radius 1 is 1.14 bits per heavy atom. The van der Waals surface area contributed by atoms with E-state index in [1.165, 1.54) is 58.2 Å². The van der Waals surface area contributed by atoms with Gasteiger partial charge in [-0.2, -0.15) is 0 Å². The summed E-state index contributed by atoms with van der Waals surface area (Å²) in [6.07, 6.45) is 8.58. The van der Waals surface area contributed by atoms with E-state index in [-0.39, 0.29) is 0 Å². The van der Waals surface area contributed by atoms with Crippen molar-refractivity contribution >= 4 is 0 Å². The molecule has 0 aromatic carbocycles. The summed E-state index contributed by atoms with van der Waals surface area (Å²) < 4.78 is 0. The summed E-state index contributed by atoms with van der Waals surface area (Å²) in [4.78, 5) is 2.86. The molecule has 1 N–H and O–H groups in total. The first kappa shape index (κ1) is 17.3. The van der Waals surface area contributed by atoms with Gasteiger partial charge in [-0.25, -0.2) is 0 Å². The lowest BCUT2D eigenvalue weighted by molar-refractivity contribution is 0.0507. The maximum absolute atomic E-state index is 3.79. The summed E-state index contributed by atoms with van der Waals surface area (Å²) >= 11 is 0. The molecule has 2 heteroatoms. The smallest absolute Gasteiger partial charge is 0.0219 e. The van der Waals surface area contributed by atoms with Gasteiger partial charge in [-0.1, -0.05) is 47.5 Å². The van der Waals surface area contributed by atoms with Crippen molar-refractivity contribution in [1.29, 1.82) is 0 Å². The van der Waals surface area contributed by atoms with Crippen molar-refractivity contribution in [1.82, 2.24) is 10.2 Å². The fourth-order valence-corrected chi connectivity index (χ4v) is 4.77. The first-order valence-corrected chi connectivity index (χ1v) is 9.43. The van der Waals surface area contributed by atoms with E-state index in [0.717, 1.165) is 17.9 Å². The molecule has 0 radical (unpaired) electrons. The normalized spacial score (nSPS) is 30.4. The van der Waals surface area contributed by atoms with Gasteiger partial charge in [0.25, 0.3) is 0 Å². The standard InChI is InChI=1S/C19H38N2/c1-6-17-12-20-18(16(4)5)13-21(17)14-19(11-15(2)3)9-7-8-10-19/h15-18,20H,6-14H2,1-5H3. The van der Waals surface area contributed by atoms with E-state index in [9.17, 15) is 0 Å². The Bertz CT molecular complexity index is 305. The third-order valence-corrected chi connectivity index (χ3v) is 5.88. The summed E-state index contributed by atoms with van der Waals surface area (Å²) in [6, 6.07) is 1.44. The highest BCUT2D eigenvalue weighted by Crippen LogP contribution is 2.44. The summed E-state index contributed by atoms with van der Waals surface area (Å²) in [5.74, 6) is 1.59. The highest BCUT2D eigenvalue weighted by Gasteiger charge is 2.39. The lowest BCUT2D eigenvalue weighted by Gasteiger charge is -2.46. The Labute approximate surface area is 133 Å². The molecule has 2 atom stereocenters. The van der Waals surface area contributed by atoms with Gasteiger partial charge in [0.1, 0.15) is 0 Å². The first-order chi connectivity index (χ1) is 9.96. The summed E-state index contributed by atoms with van der Waals surface area (Å²) in [5.41, 5.74) is 0.625. The monoisotopic (exact) mass is 294 g/mol. The van der Waals surface area contributed by atoms with E-state index in [1.54, 1.807) is 0 Å². The van der Waals surface area contributed by atoms with Gasteiger partial charge >= 0.3 is 0 Å². The summed E-state index contributed by atoms with van der Waals surface area (Å²) in [5, 5.41) is 3.79. The Kier molecular flexibility index (Phi) is 6.14. The topological polar surface area (TPSA) is 15.3 Å². The van der Waals surface area contributed by atoms with Crippen molar-refractivity contribution in [2.24, 2.45) is 17.3 Å². The Hall–Kier alpha value is -0.0800. The third-order valence-electron chi connectivity index (χ3n) is 5.88. The molecule has 2 unspecified atom stereocenters. The maximum atomic E-state index is 3.79. The molecule has 0 aromatic heterocycles. The minimum atomic E-state index is 0.625. The van der Waals surface area contributed by atoms with E-state index >= 15 is 0 Å². The molecule has 1 saturated carbocycles. The molecule has 124 valence electrons. The lowest BCUT2D eigenvalue weighted by Crippen LogP contribution is -2.59. The molecule has 0 amide bonds. The van der Waals surface area contributed by atoms with Gasteiger partial charge in [0.2, 0.25) is 0 Å². The highest BCUT2D eigenvalue weighted by molar-refractivity contribution is 4.94. The molecule has 2 nitrogen and oxygen atoms in total. The summed E-state index contributed by atoms with van der Waals surface area (Å²) in [6.45, 7) is 15.7. The van der Waals surface area contributed by atoms with Crippen LogP contribution < -0.4 is 5.32 Å². The van der Waals surface area contributed by atoms with Crippen LogP contribution in [0.3, 0.4) is 0 Å². The van der Waals surface area contributed by atoms with Crippen molar-refractivity contribution in [2.75, 3.05) is 19.6 Å². The number of rotatable bonds is 6. The van der Waals surface area contributed by atoms with Gasteiger partial charge in [-0.15, -0.1) is 0 Å². The van der Waals surface area contributed by atoms with E-state index in [1.807, 2.05) is 0 Å². The molecular weight excluding hydrogens is 256 g/mol. The lowest BCUT2D eigenvalue weighted by atomic mass is 9.77. The molecule has 2 fully saturated rings. The average molecular weight is 295 g/mol. The Morgan fingerprint density at radius 2 is 1.81 bits per heavy atom. The zero-order chi connectivity index (χ0) is 15.5. The van der Waals surface area contributed by atoms with Gasteiger partial charge in [0.05, 0.1) is 0 Å². The van der Waals surface area contributed by atoms with Crippen LogP contribution in [0.1, 0.15) is 73.1 Å². The van der Waals surface area contributed by atoms with Crippen LogP contribution in [0.2, 0.25) is 0 Å². The van der Waals surface area contributed by atoms with Gasteiger partial charge < -0.3 is 5.32 Å². The Balaban J connectivity index is 2.05. The van der Waals surface area contributed by atoms with Crippen LogP contribution >= 0.6 is 0 Å². The zero-order valence-corrected chi connectivity index (χ0v) is 15.1. The van der Waals surface area contributed by atoms with Crippen LogP contribution in [-0.2, 0) is 0 Å². The van der Waals surface area contributed by atoms with Crippen molar-refractivity contribution in [3.63, 3.8) is 0 Å². The average Bonchev–Trinajstić information content (AvgIpc) is 2.85. The quantitative estimate of drug-likeness (QED) is 0.785. The molecule has 0 bridgehead atoms. The third kappa shape index (κ3) is 4.45. The largest absolute Gasteiger partial charge is 0.311 e. The molecule has 2 aliphatic rings. The number of hydrogen-bond donors (Lipinski definition) is 1. The maximum Gasteiger partial charge on any atom is 0.0219 e. The minimum Gasteiger partial charge on any atom is -0.311 e. The van der Waals surface area contributed by atoms with Gasteiger partial charge in [-0.05, 0) is 42.9 Å². The zero-order valence-electron chi connectivity index (χ0n) is 15.1. The number of nitrogens with zero attached hydrogens (tertiary/aromatic N) is 1.